The minimum atomic E-state index is -0.301. The Balaban J connectivity index is 1.33. The molecule has 0 aliphatic carbocycles. The van der Waals surface area contributed by atoms with Crippen LogP contribution in [0.4, 0.5) is 5.69 Å². The summed E-state index contributed by atoms with van der Waals surface area (Å²) in [4.78, 5) is 29.6. The predicted molar refractivity (Wildman–Crippen MR) is 115 cm³/mol. The van der Waals surface area contributed by atoms with Gasteiger partial charge in [0.2, 0.25) is 5.91 Å². The highest BCUT2D eigenvalue weighted by atomic mass is 32.1. The number of thiophene rings is 1. The van der Waals surface area contributed by atoms with Crippen LogP contribution in [-0.4, -0.2) is 33.1 Å². The normalized spacial score (nSPS) is 10.7. The third-order valence-corrected chi connectivity index (χ3v) is 5.99. The number of amides is 2. The van der Waals surface area contributed by atoms with Crippen molar-refractivity contribution in [2.45, 2.75) is 6.92 Å². The summed E-state index contributed by atoms with van der Waals surface area (Å²) in [6, 6.07) is 11.1. The van der Waals surface area contributed by atoms with Crippen LogP contribution in [0.15, 0.2) is 59.6 Å². The summed E-state index contributed by atoms with van der Waals surface area (Å²) in [5.74, 6) is -0.601. The maximum Gasteiger partial charge on any atom is 0.263 e. The van der Waals surface area contributed by atoms with E-state index >= 15 is 0 Å². The molecule has 3 aromatic heterocycles. The second kappa shape index (κ2) is 8.38. The van der Waals surface area contributed by atoms with Crippen LogP contribution in [0.1, 0.15) is 15.4 Å². The number of benzene rings is 1. The molecule has 0 saturated heterocycles. The van der Waals surface area contributed by atoms with Gasteiger partial charge in [-0.15, -0.1) is 11.3 Å². The topological polar surface area (TPSA) is 88.9 Å². The SMILES string of the molecule is Cc1nc(-c2ccsc2)sc1C(=O)NCC(=O)Nc1ccc(-n2cccn2)cc1. The Kier molecular flexibility index (Phi) is 5.50. The molecule has 3 heterocycles. The lowest BCUT2D eigenvalue weighted by Gasteiger charge is -2.08. The fourth-order valence-corrected chi connectivity index (χ4v) is 4.38. The number of hydrogen-bond acceptors (Lipinski definition) is 6. The molecule has 0 aliphatic heterocycles. The van der Waals surface area contributed by atoms with Crippen molar-refractivity contribution in [3.8, 4) is 16.3 Å². The van der Waals surface area contributed by atoms with Crippen LogP contribution in [-0.2, 0) is 4.79 Å². The van der Waals surface area contributed by atoms with Gasteiger partial charge >= 0.3 is 0 Å². The van der Waals surface area contributed by atoms with Crippen LogP contribution in [0.5, 0.6) is 0 Å². The third-order valence-electron chi connectivity index (χ3n) is 4.10. The molecule has 0 unspecified atom stereocenters. The quantitative estimate of drug-likeness (QED) is 0.495. The zero-order chi connectivity index (χ0) is 20.2. The molecule has 0 radical (unpaired) electrons. The summed E-state index contributed by atoms with van der Waals surface area (Å²) >= 11 is 2.91. The maximum absolute atomic E-state index is 12.5. The van der Waals surface area contributed by atoms with Gasteiger partial charge in [-0.1, -0.05) is 0 Å². The highest BCUT2D eigenvalue weighted by molar-refractivity contribution is 7.17. The summed E-state index contributed by atoms with van der Waals surface area (Å²) in [5, 5.41) is 14.3. The lowest BCUT2D eigenvalue weighted by molar-refractivity contribution is -0.115. The zero-order valence-electron chi connectivity index (χ0n) is 15.5. The van der Waals surface area contributed by atoms with E-state index in [2.05, 4.69) is 20.7 Å². The van der Waals surface area contributed by atoms with Crippen molar-refractivity contribution in [1.82, 2.24) is 20.1 Å². The van der Waals surface area contributed by atoms with E-state index in [0.717, 1.165) is 16.3 Å². The Morgan fingerprint density at radius 3 is 2.69 bits per heavy atom. The van der Waals surface area contributed by atoms with E-state index < -0.39 is 0 Å². The molecule has 0 bridgehead atoms. The predicted octanol–water partition coefficient (Wildman–Crippen LogP) is 3.73. The Morgan fingerprint density at radius 2 is 2.00 bits per heavy atom. The average Bonchev–Trinajstić information content (AvgIpc) is 3.48. The summed E-state index contributed by atoms with van der Waals surface area (Å²) in [5.41, 5.74) is 3.19. The van der Waals surface area contributed by atoms with Gasteiger partial charge in [0.15, 0.2) is 0 Å². The minimum absolute atomic E-state index is 0.120. The van der Waals surface area contributed by atoms with Crippen molar-refractivity contribution in [3.63, 3.8) is 0 Å². The molecule has 29 heavy (non-hydrogen) atoms. The molecule has 2 amide bonds. The van der Waals surface area contributed by atoms with Gasteiger partial charge in [0.1, 0.15) is 9.88 Å². The van der Waals surface area contributed by atoms with Gasteiger partial charge in [0.05, 0.1) is 17.9 Å². The first-order valence-corrected chi connectivity index (χ1v) is 10.5. The van der Waals surface area contributed by atoms with Gasteiger partial charge in [-0.3, -0.25) is 9.59 Å². The average molecular weight is 424 g/mol. The van der Waals surface area contributed by atoms with Gasteiger partial charge in [-0.25, -0.2) is 9.67 Å². The first-order valence-electron chi connectivity index (χ1n) is 8.78. The number of nitrogens with zero attached hydrogens (tertiary/aromatic N) is 3. The second-order valence-corrected chi connectivity index (χ2v) is 7.95. The Hall–Kier alpha value is -3.30. The van der Waals surface area contributed by atoms with Crippen LogP contribution in [0.25, 0.3) is 16.3 Å². The number of carbonyl (C=O) groups excluding carboxylic acids is 2. The fourth-order valence-electron chi connectivity index (χ4n) is 2.68. The van der Waals surface area contributed by atoms with E-state index in [1.807, 2.05) is 41.2 Å². The van der Waals surface area contributed by atoms with E-state index in [0.29, 0.717) is 16.3 Å². The standard InChI is InChI=1S/C20H17N5O2S2/c1-13-18(29-20(23-13)14-7-10-28-12-14)19(27)21-11-17(26)24-15-3-5-16(6-4-15)25-9-2-8-22-25/h2-10,12H,11H2,1H3,(H,21,27)(H,24,26). The lowest BCUT2D eigenvalue weighted by Crippen LogP contribution is -2.32. The fraction of sp³-hybridized carbons (Fsp3) is 0.100. The van der Waals surface area contributed by atoms with Gasteiger partial charge in [0, 0.05) is 29.0 Å². The Labute approximate surface area is 175 Å². The number of aryl methyl sites for hydroxylation is 1. The monoisotopic (exact) mass is 423 g/mol. The molecular weight excluding hydrogens is 406 g/mol. The largest absolute Gasteiger partial charge is 0.342 e. The van der Waals surface area contributed by atoms with Crippen molar-refractivity contribution in [2.75, 3.05) is 11.9 Å². The van der Waals surface area contributed by atoms with Crippen molar-refractivity contribution < 1.29 is 9.59 Å². The van der Waals surface area contributed by atoms with E-state index in [-0.39, 0.29) is 18.4 Å². The number of hydrogen-bond donors (Lipinski definition) is 2. The van der Waals surface area contributed by atoms with Crippen LogP contribution < -0.4 is 10.6 Å². The molecule has 0 aliphatic rings. The summed E-state index contributed by atoms with van der Waals surface area (Å²) in [6.07, 6.45) is 3.54. The molecule has 4 rings (SSSR count). The highest BCUT2D eigenvalue weighted by Crippen LogP contribution is 2.29. The molecule has 0 atom stereocenters. The van der Waals surface area contributed by atoms with Crippen molar-refractivity contribution >= 4 is 40.2 Å². The smallest absolute Gasteiger partial charge is 0.263 e. The number of anilines is 1. The first kappa shape index (κ1) is 19.0. The Bertz CT molecular complexity index is 1120. The van der Waals surface area contributed by atoms with Crippen LogP contribution in [0.2, 0.25) is 0 Å². The number of aromatic nitrogens is 3. The number of thiazole rings is 1. The van der Waals surface area contributed by atoms with Gasteiger partial charge in [-0.05, 0) is 48.7 Å². The van der Waals surface area contributed by atoms with Crippen molar-refractivity contribution in [1.29, 1.82) is 0 Å². The summed E-state index contributed by atoms with van der Waals surface area (Å²) < 4.78 is 1.73. The molecule has 146 valence electrons. The molecule has 1 aromatic carbocycles. The van der Waals surface area contributed by atoms with Crippen molar-refractivity contribution in [2.24, 2.45) is 0 Å². The molecule has 0 fully saturated rings. The van der Waals surface area contributed by atoms with Gasteiger partial charge < -0.3 is 10.6 Å². The summed E-state index contributed by atoms with van der Waals surface area (Å²) in [7, 11) is 0. The number of rotatable bonds is 6. The molecule has 4 aromatic rings. The first-order chi connectivity index (χ1) is 14.1. The molecule has 9 heteroatoms. The van der Waals surface area contributed by atoms with Crippen molar-refractivity contribution in [3.05, 3.63) is 70.1 Å². The maximum atomic E-state index is 12.5. The van der Waals surface area contributed by atoms with Gasteiger partial charge in [0.25, 0.3) is 5.91 Å². The highest BCUT2D eigenvalue weighted by Gasteiger charge is 2.17. The van der Waals surface area contributed by atoms with E-state index in [1.165, 1.54) is 11.3 Å². The zero-order valence-corrected chi connectivity index (χ0v) is 17.1. The number of carbonyl (C=O) groups is 2. The van der Waals surface area contributed by atoms with Crippen LogP contribution in [0, 0.1) is 6.92 Å². The lowest BCUT2D eigenvalue weighted by atomic mass is 10.3. The van der Waals surface area contributed by atoms with Crippen LogP contribution >= 0.6 is 22.7 Å². The number of nitrogens with one attached hydrogen (secondary N) is 2. The Morgan fingerprint density at radius 1 is 1.17 bits per heavy atom. The molecular formula is C20H17N5O2S2. The molecule has 2 N–H and O–H groups in total. The molecule has 0 spiro atoms. The third kappa shape index (κ3) is 4.41. The van der Waals surface area contributed by atoms with Crippen LogP contribution in [0.3, 0.4) is 0 Å². The minimum Gasteiger partial charge on any atom is -0.342 e. The van der Waals surface area contributed by atoms with Gasteiger partial charge in [-0.2, -0.15) is 16.4 Å². The van der Waals surface area contributed by atoms with E-state index in [9.17, 15) is 9.59 Å². The van der Waals surface area contributed by atoms with E-state index in [1.54, 1.807) is 41.3 Å². The second-order valence-electron chi connectivity index (χ2n) is 6.17. The van der Waals surface area contributed by atoms with E-state index in [4.69, 9.17) is 0 Å². The summed E-state index contributed by atoms with van der Waals surface area (Å²) in [6.45, 7) is 1.67. The molecule has 0 saturated carbocycles. The molecule has 7 nitrogen and oxygen atoms in total.